The van der Waals surface area contributed by atoms with Crippen molar-refractivity contribution in [3.63, 3.8) is 0 Å². The highest BCUT2D eigenvalue weighted by molar-refractivity contribution is 5.88. The van der Waals surface area contributed by atoms with E-state index in [1.54, 1.807) is 0 Å². The van der Waals surface area contributed by atoms with E-state index >= 15 is 0 Å². The maximum Gasteiger partial charge on any atom is 0.200 e. The highest BCUT2D eigenvalue weighted by atomic mass is 16.7. The number of rotatable bonds is 0. The molecule has 2 aliphatic heterocycles. The molecule has 86 valence electrons. The SMILES string of the molecule is c1ccc2c3c(ccc2c1)OC1CCCC3O1. The maximum atomic E-state index is 5.93. The van der Waals surface area contributed by atoms with Crippen molar-refractivity contribution in [2.24, 2.45) is 0 Å². The van der Waals surface area contributed by atoms with Gasteiger partial charge in [0, 0.05) is 12.0 Å². The molecule has 0 N–H and O–H groups in total. The van der Waals surface area contributed by atoms with Crippen LogP contribution in [0.1, 0.15) is 30.9 Å². The van der Waals surface area contributed by atoms with E-state index in [1.807, 2.05) is 0 Å². The number of hydrogen-bond donors (Lipinski definition) is 0. The number of benzene rings is 2. The molecule has 2 bridgehead atoms. The van der Waals surface area contributed by atoms with Crippen molar-refractivity contribution in [1.82, 2.24) is 0 Å². The Hall–Kier alpha value is -1.54. The number of hydrogen-bond acceptors (Lipinski definition) is 2. The van der Waals surface area contributed by atoms with Crippen LogP contribution in [0.25, 0.3) is 10.8 Å². The molecule has 0 radical (unpaired) electrons. The van der Waals surface area contributed by atoms with Crippen LogP contribution in [0.4, 0.5) is 0 Å². The summed E-state index contributed by atoms with van der Waals surface area (Å²) < 4.78 is 11.8. The second-order valence-electron chi connectivity index (χ2n) is 4.80. The zero-order chi connectivity index (χ0) is 11.2. The predicted molar refractivity (Wildman–Crippen MR) is 66.0 cm³/mol. The van der Waals surface area contributed by atoms with E-state index in [2.05, 4.69) is 36.4 Å². The van der Waals surface area contributed by atoms with Gasteiger partial charge in [-0.05, 0) is 29.7 Å². The lowest BCUT2D eigenvalue weighted by Gasteiger charge is -2.37. The van der Waals surface area contributed by atoms with Crippen LogP contribution < -0.4 is 4.74 Å². The van der Waals surface area contributed by atoms with Crippen LogP contribution in [0.5, 0.6) is 5.75 Å². The first-order valence-corrected chi connectivity index (χ1v) is 6.25. The lowest BCUT2D eigenvalue weighted by atomic mass is 9.93. The quantitative estimate of drug-likeness (QED) is 0.680. The molecule has 2 nitrogen and oxygen atoms in total. The van der Waals surface area contributed by atoms with Gasteiger partial charge >= 0.3 is 0 Å². The fraction of sp³-hybridized carbons (Fsp3) is 0.333. The molecule has 2 heterocycles. The maximum absolute atomic E-state index is 5.93. The van der Waals surface area contributed by atoms with Crippen molar-refractivity contribution in [3.8, 4) is 5.75 Å². The summed E-state index contributed by atoms with van der Waals surface area (Å²) in [5.41, 5.74) is 1.25. The standard InChI is InChI=1S/C15H14O2/c1-2-5-11-10(4-1)8-9-13-15(11)12-6-3-7-14(16-12)17-13/h1-2,4-5,8-9,12,14H,3,6-7H2. The topological polar surface area (TPSA) is 18.5 Å². The van der Waals surface area contributed by atoms with Crippen LogP contribution in [0.2, 0.25) is 0 Å². The Morgan fingerprint density at radius 1 is 1.00 bits per heavy atom. The molecule has 2 aliphatic rings. The molecule has 1 fully saturated rings. The molecule has 2 aromatic rings. The van der Waals surface area contributed by atoms with Crippen LogP contribution in [0.3, 0.4) is 0 Å². The second-order valence-corrected chi connectivity index (χ2v) is 4.80. The number of ether oxygens (including phenoxy) is 2. The van der Waals surface area contributed by atoms with Gasteiger partial charge in [0.25, 0.3) is 0 Å². The molecule has 2 atom stereocenters. The van der Waals surface area contributed by atoms with Crippen molar-refractivity contribution in [2.75, 3.05) is 0 Å². The normalized spacial score (nSPS) is 26.4. The lowest BCUT2D eigenvalue weighted by molar-refractivity contribution is -0.166. The summed E-state index contributed by atoms with van der Waals surface area (Å²) in [5.74, 6) is 1.02. The Morgan fingerprint density at radius 3 is 2.94 bits per heavy atom. The smallest absolute Gasteiger partial charge is 0.200 e. The fourth-order valence-corrected chi connectivity index (χ4v) is 2.94. The first-order valence-electron chi connectivity index (χ1n) is 6.25. The Bertz CT molecular complexity index is 576. The van der Waals surface area contributed by atoms with E-state index in [0.717, 1.165) is 18.6 Å². The van der Waals surface area contributed by atoms with Gasteiger partial charge in [-0.2, -0.15) is 0 Å². The fourth-order valence-electron chi connectivity index (χ4n) is 2.94. The molecule has 2 heteroatoms. The Morgan fingerprint density at radius 2 is 1.94 bits per heavy atom. The van der Waals surface area contributed by atoms with Crippen LogP contribution >= 0.6 is 0 Å². The van der Waals surface area contributed by atoms with Crippen molar-refractivity contribution >= 4 is 10.8 Å². The largest absolute Gasteiger partial charge is 0.465 e. The van der Waals surface area contributed by atoms with E-state index in [1.165, 1.54) is 22.8 Å². The zero-order valence-electron chi connectivity index (χ0n) is 9.56. The summed E-state index contributed by atoms with van der Waals surface area (Å²) >= 11 is 0. The summed E-state index contributed by atoms with van der Waals surface area (Å²) in [4.78, 5) is 0. The van der Waals surface area contributed by atoms with Crippen LogP contribution in [-0.2, 0) is 4.74 Å². The summed E-state index contributed by atoms with van der Waals surface area (Å²) in [6, 6.07) is 12.7. The minimum Gasteiger partial charge on any atom is -0.465 e. The van der Waals surface area contributed by atoms with Crippen LogP contribution in [0.15, 0.2) is 36.4 Å². The average Bonchev–Trinajstić information content (AvgIpc) is 2.38. The van der Waals surface area contributed by atoms with Gasteiger partial charge in [-0.25, -0.2) is 0 Å². The van der Waals surface area contributed by atoms with E-state index in [4.69, 9.17) is 9.47 Å². The van der Waals surface area contributed by atoms with Gasteiger partial charge in [-0.1, -0.05) is 30.3 Å². The van der Waals surface area contributed by atoms with E-state index in [-0.39, 0.29) is 12.4 Å². The molecule has 17 heavy (non-hydrogen) atoms. The third-order valence-corrected chi connectivity index (χ3v) is 3.73. The molecule has 2 aromatic carbocycles. The van der Waals surface area contributed by atoms with Gasteiger partial charge in [0.2, 0.25) is 6.29 Å². The van der Waals surface area contributed by atoms with Crippen LogP contribution in [0, 0.1) is 0 Å². The van der Waals surface area contributed by atoms with E-state index < -0.39 is 0 Å². The average molecular weight is 226 g/mol. The summed E-state index contributed by atoms with van der Waals surface area (Å²) in [6.45, 7) is 0. The first kappa shape index (κ1) is 9.49. The third kappa shape index (κ3) is 1.37. The van der Waals surface area contributed by atoms with Gasteiger partial charge in [-0.3, -0.25) is 0 Å². The summed E-state index contributed by atoms with van der Waals surface area (Å²) in [7, 11) is 0. The molecule has 0 saturated carbocycles. The molecule has 0 aliphatic carbocycles. The molecule has 0 aromatic heterocycles. The zero-order valence-corrected chi connectivity index (χ0v) is 9.56. The van der Waals surface area contributed by atoms with Gasteiger partial charge in [-0.15, -0.1) is 0 Å². The van der Waals surface area contributed by atoms with Crippen molar-refractivity contribution < 1.29 is 9.47 Å². The van der Waals surface area contributed by atoms with Gasteiger partial charge in [0.05, 0.1) is 6.10 Å². The van der Waals surface area contributed by atoms with Crippen molar-refractivity contribution in [2.45, 2.75) is 31.7 Å². The minimum absolute atomic E-state index is 0.0255. The summed E-state index contributed by atoms with van der Waals surface area (Å²) in [5, 5.41) is 2.54. The van der Waals surface area contributed by atoms with Crippen LogP contribution in [-0.4, -0.2) is 6.29 Å². The number of fused-ring (bicyclic) bond motifs is 6. The third-order valence-electron chi connectivity index (χ3n) is 3.73. The highest BCUT2D eigenvalue weighted by Gasteiger charge is 2.33. The van der Waals surface area contributed by atoms with Crippen molar-refractivity contribution in [1.29, 1.82) is 0 Å². The Kier molecular flexibility index (Phi) is 1.94. The van der Waals surface area contributed by atoms with Gasteiger partial charge in [0.1, 0.15) is 5.75 Å². The van der Waals surface area contributed by atoms with E-state index in [0.29, 0.717) is 0 Å². The first-order chi connectivity index (χ1) is 8.42. The highest BCUT2D eigenvalue weighted by Crippen LogP contribution is 2.44. The predicted octanol–water partition coefficient (Wildman–Crippen LogP) is 3.80. The second kappa shape index (κ2) is 3.47. The molecule has 0 spiro atoms. The molecule has 1 saturated heterocycles. The summed E-state index contributed by atoms with van der Waals surface area (Å²) in [6.07, 6.45) is 3.52. The molecule has 0 amide bonds. The lowest BCUT2D eigenvalue weighted by Crippen LogP contribution is -2.32. The molecular weight excluding hydrogens is 212 g/mol. The molecular formula is C15H14O2. The van der Waals surface area contributed by atoms with Gasteiger partial charge in [0.15, 0.2) is 0 Å². The Labute approximate surface area is 100 Å². The molecule has 2 unspecified atom stereocenters. The molecule has 4 rings (SSSR count). The minimum atomic E-state index is -0.0255. The van der Waals surface area contributed by atoms with Gasteiger partial charge < -0.3 is 9.47 Å². The van der Waals surface area contributed by atoms with Crippen molar-refractivity contribution in [3.05, 3.63) is 42.0 Å². The monoisotopic (exact) mass is 226 g/mol. The van der Waals surface area contributed by atoms with E-state index in [9.17, 15) is 0 Å². The Balaban J connectivity index is 2.00.